The van der Waals surface area contributed by atoms with Crippen LogP contribution in [0, 0.1) is 6.92 Å². The standard InChI is InChI=1S/C22H19BrN4O2S/c1-14-24-25-22(30-13-15-8-4-3-5-9-15)27(14)26-21(28)18-12-16-10-6-7-11-17(16)19(23)20(18)29-2/h3-12H,13H2,1-2H3,(H,26,28). The highest BCUT2D eigenvalue weighted by molar-refractivity contribution is 9.10. The average Bonchev–Trinajstić information content (AvgIpc) is 3.12. The van der Waals surface area contributed by atoms with E-state index in [9.17, 15) is 4.79 Å². The molecule has 0 aliphatic carbocycles. The molecule has 8 heteroatoms. The van der Waals surface area contributed by atoms with Gasteiger partial charge < -0.3 is 4.74 Å². The number of halogens is 1. The Balaban J connectivity index is 1.62. The Bertz CT molecular complexity index is 1210. The van der Waals surface area contributed by atoms with Crippen molar-refractivity contribution in [1.29, 1.82) is 0 Å². The first kappa shape index (κ1) is 20.4. The van der Waals surface area contributed by atoms with Crippen LogP contribution in [0.5, 0.6) is 5.75 Å². The zero-order valence-electron chi connectivity index (χ0n) is 16.4. The van der Waals surface area contributed by atoms with Crippen molar-refractivity contribution < 1.29 is 9.53 Å². The number of hydrogen-bond donors (Lipinski definition) is 1. The summed E-state index contributed by atoms with van der Waals surface area (Å²) < 4.78 is 7.89. The zero-order valence-corrected chi connectivity index (χ0v) is 18.8. The molecule has 152 valence electrons. The van der Waals surface area contributed by atoms with E-state index >= 15 is 0 Å². The largest absolute Gasteiger partial charge is 0.495 e. The van der Waals surface area contributed by atoms with Crippen LogP contribution in [0.4, 0.5) is 0 Å². The zero-order chi connectivity index (χ0) is 21.1. The van der Waals surface area contributed by atoms with E-state index in [1.807, 2.05) is 48.5 Å². The van der Waals surface area contributed by atoms with Crippen molar-refractivity contribution in [2.45, 2.75) is 17.8 Å². The Hall–Kier alpha value is -2.84. The molecule has 0 bridgehead atoms. The number of benzene rings is 3. The number of nitrogens with one attached hydrogen (secondary N) is 1. The molecule has 0 aliphatic rings. The first-order valence-corrected chi connectivity index (χ1v) is 11.0. The molecule has 0 saturated carbocycles. The Morgan fingerprint density at radius 3 is 2.63 bits per heavy atom. The van der Waals surface area contributed by atoms with Gasteiger partial charge in [0.15, 0.2) is 0 Å². The predicted octanol–water partition coefficient (Wildman–Crippen LogP) is 5.19. The Kier molecular flexibility index (Phi) is 6.06. The highest BCUT2D eigenvalue weighted by Crippen LogP contribution is 2.36. The van der Waals surface area contributed by atoms with Gasteiger partial charge in [0.2, 0.25) is 5.16 Å². The Morgan fingerprint density at radius 2 is 1.87 bits per heavy atom. The third kappa shape index (κ3) is 4.06. The van der Waals surface area contributed by atoms with E-state index < -0.39 is 0 Å². The minimum Gasteiger partial charge on any atom is -0.495 e. The fourth-order valence-electron chi connectivity index (χ4n) is 3.10. The van der Waals surface area contributed by atoms with Crippen LogP contribution >= 0.6 is 27.7 Å². The number of rotatable bonds is 6. The molecule has 3 aromatic carbocycles. The smallest absolute Gasteiger partial charge is 0.274 e. The second-order valence-electron chi connectivity index (χ2n) is 6.57. The lowest BCUT2D eigenvalue weighted by molar-refractivity contribution is 0.100. The second-order valence-corrected chi connectivity index (χ2v) is 8.31. The summed E-state index contributed by atoms with van der Waals surface area (Å²) in [5.74, 6) is 1.50. The fourth-order valence-corrected chi connectivity index (χ4v) is 4.73. The lowest BCUT2D eigenvalue weighted by Gasteiger charge is -2.15. The number of aryl methyl sites for hydroxylation is 1. The van der Waals surface area contributed by atoms with Gasteiger partial charge in [0.25, 0.3) is 5.91 Å². The van der Waals surface area contributed by atoms with E-state index in [4.69, 9.17) is 4.74 Å². The average molecular weight is 483 g/mol. The molecule has 1 N–H and O–H groups in total. The summed E-state index contributed by atoms with van der Waals surface area (Å²) in [6.07, 6.45) is 0. The summed E-state index contributed by atoms with van der Waals surface area (Å²) in [5.41, 5.74) is 4.50. The molecular formula is C22H19BrN4O2S. The molecule has 0 aliphatic heterocycles. The van der Waals surface area contributed by atoms with Crippen molar-refractivity contribution in [2.75, 3.05) is 12.5 Å². The number of carbonyl (C=O) groups excluding carboxylic acids is 1. The van der Waals surface area contributed by atoms with Crippen LogP contribution in [0.1, 0.15) is 21.7 Å². The van der Waals surface area contributed by atoms with Crippen molar-refractivity contribution in [3.05, 3.63) is 82.1 Å². The van der Waals surface area contributed by atoms with Crippen LogP contribution in [0.2, 0.25) is 0 Å². The lowest BCUT2D eigenvalue weighted by Crippen LogP contribution is -2.25. The summed E-state index contributed by atoms with van der Waals surface area (Å²) in [4.78, 5) is 13.2. The van der Waals surface area contributed by atoms with Crippen LogP contribution in [0.3, 0.4) is 0 Å². The van der Waals surface area contributed by atoms with Gasteiger partial charge in [-0.25, -0.2) is 4.68 Å². The topological polar surface area (TPSA) is 69.0 Å². The molecule has 0 saturated heterocycles. The maximum absolute atomic E-state index is 13.2. The molecule has 0 fully saturated rings. The summed E-state index contributed by atoms with van der Waals surface area (Å²) in [6.45, 7) is 1.80. The van der Waals surface area contributed by atoms with Crippen molar-refractivity contribution >= 4 is 44.4 Å². The first-order valence-electron chi connectivity index (χ1n) is 9.24. The molecule has 0 spiro atoms. The molecule has 30 heavy (non-hydrogen) atoms. The van der Waals surface area contributed by atoms with Crippen molar-refractivity contribution in [3.63, 3.8) is 0 Å². The number of fused-ring (bicyclic) bond motifs is 1. The summed E-state index contributed by atoms with van der Waals surface area (Å²) in [7, 11) is 1.55. The van der Waals surface area contributed by atoms with Crippen molar-refractivity contribution in [3.8, 4) is 5.75 Å². The van der Waals surface area contributed by atoms with Gasteiger partial charge in [-0.1, -0.05) is 66.4 Å². The molecule has 4 aromatic rings. The van der Waals surface area contributed by atoms with Gasteiger partial charge in [-0.15, -0.1) is 10.2 Å². The number of carbonyl (C=O) groups is 1. The van der Waals surface area contributed by atoms with Gasteiger partial charge in [-0.2, -0.15) is 0 Å². The van der Waals surface area contributed by atoms with E-state index in [0.29, 0.717) is 22.3 Å². The quantitative estimate of drug-likeness (QED) is 0.383. The third-order valence-electron chi connectivity index (χ3n) is 4.61. The van der Waals surface area contributed by atoms with Crippen LogP contribution in [-0.2, 0) is 5.75 Å². The van der Waals surface area contributed by atoms with Crippen molar-refractivity contribution in [1.82, 2.24) is 14.9 Å². The van der Waals surface area contributed by atoms with Crippen molar-refractivity contribution in [2.24, 2.45) is 0 Å². The molecule has 1 heterocycles. The summed E-state index contributed by atoms with van der Waals surface area (Å²) >= 11 is 5.09. The number of aromatic nitrogens is 3. The third-order valence-corrected chi connectivity index (χ3v) is 6.40. The van der Waals surface area contributed by atoms with Gasteiger partial charge >= 0.3 is 0 Å². The molecule has 6 nitrogen and oxygen atoms in total. The lowest BCUT2D eigenvalue weighted by atomic mass is 10.1. The first-order chi connectivity index (χ1) is 14.6. The van der Waals surface area contributed by atoms with E-state index in [2.05, 4.69) is 43.7 Å². The van der Waals surface area contributed by atoms with E-state index in [1.54, 1.807) is 18.7 Å². The Labute approximate surface area is 186 Å². The van der Waals surface area contributed by atoms with Crippen LogP contribution in [0.15, 0.2) is 70.3 Å². The monoisotopic (exact) mass is 482 g/mol. The van der Waals surface area contributed by atoms with Gasteiger partial charge in [-0.3, -0.25) is 10.2 Å². The van der Waals surface area contributed by atoms with E-state index in [0.717, 1.165) is 21.0 Å². The van der Waals surface area contributed by atoms with Gasteiger partial charge in [-0.05, 0) is 45.3 Å². The molecule has 0 radical (unpaired) electrons. The predicted molar refractivity (Wildman–Crippen MR) is 123 cm³/mol. The van der Waals surface area contributed by atoms with Gasteiger partial charge in [0, 0.05) is 5.75 Å². The van der Waals surface area contributed by atoms with Crippen LogP contribution in [0.25, 0.3) is 10.8 Å². The molecule has 1 amide bonds. The fraction of sp³-hybridized carbons (Fsp3) is 0.136. The molecule has 4 rings (SSSR count). The van der Waals surface area contributed by atoms with E-state index in [-0.39, 0.29) is 5.91 Å². The maximum atomic E-state index is 13.2. The van der Waals surface area contributed by atoms with Crippen LogP contribution in [-0.4, -0.2) is 27.9 Å². The van der Waals surface area contributed by atoms with Gasteiger partial charge in [0.05, 0.1) is 17.1 Å². The van der Waals surface area contributed by atoms with E-state index in [1.165, 1.54) is 17.3 Å². The minimum atomic E-state index is -0.303. The van der Waals surface area contributed by atoms with Gasteiger partial charge in [0.1, 0.15) is 11.6 Å². The molecule has 1 aromatic heterocycles. The minimum absolute atomic E-state index is 0.303. The maximum Gasteiger partial charge on any atom is 0.274 e. The number of hydrogen-bond acceptors (Lipinski definition) is 5. The Morgan fingerprint density at radius 1 is 1.13 bits per heavy atom. The number of amides is 1. The summed E-state index contributed by atoms with van der Waals surface area (Å²) in [6, 6.07) is 19.7. The SMILES string of the molecule is COc1c(C(=O)Nn2c(C)nnc2SCc2ccccc2)cc2ccccc2c1Br. The number of ether oxygens (including phenoxy) is 1. The molecular weight excluding hydrogens is 464 g/mol. The summed E-state index contributed by atoms with van der Waals surface area (Å²) in [5, 5.41) is 10.9. The second kappa shape index (κ2) is 8.89. The highest BCUT2D eigenvalue weighted by Gasteiger charge is 2.20. The number of methoxy groups -OCH3 is 1. The number of thioether (sulfide) groups is 1. The molecule has 0 unspecified atom stereocenters. The normalized spacial score (nSPS) is 10.9. The van der Waals surface area contributed by atoms with Crippen LogP contribution < -0.4 is 10.2 Å². The molecule has 0 atom stereocenters. The number of nitrogens with zero attached hydrogens (tertiary/aromatic N) is 3. The highest BCUT2D eigenvalue weighted by atomic mass is 79.9.